The number of hydrogen-bond acceptors (Lipinski definition) is 0. The van der Waals surface area contributed by atoms with Crippen molar-refractivity contribution in [3.8, 4) is 0 Å². The van der Waals surface area contributed by atoms with E-state index in [0.717, 1.165) is 76.2 Å². The molecular weight excluding hydrogens is 434 g/mol. The topological polar surface area (TPSA) is 0 Å². The zero-order valence-corrected chi connectivity index (χ0v) is 24.3. The maximum absolute atomic E-state index is 16.5. The van der Waals surface area contributed by atoms with Crippen LogP contribution in [0, 0.1) is 11.6 Å². The number of unbranched alkanes of at least 4 members (excludes halogenated alkanes) is 11. The highest BCUT2D eigenvalue weighted by Gasteiger charge is 2.37. The minimum Gasteiger partial charge on any atom is -0.207 e. The van der Waals surface area contributed by atoms with Crippen molar-refractivity contribution >= 4 is 0 Å². The highest BCUT2D eigenvalue weighted by molar-refractivity contribution is 5.37. The van der Waals surface area contributed by atoms with Crippen molar-refractivity contribution in [1.29, 1.82) is 0 Å². The molecule has 1 aromatic carbocycles. The van der Waals surface area contributed by atoms with Gasteiger partial charge in [-0.3, -0.25) is 0 Å². The van der Waals surface area contributed by atoms with Gasteiger partial charge in [-0.2, -0.15) is 0 Å². The lowest BCUT2D eigenvalue weighted by atomic mass is 9.69. The molecule has 0 amide bonds. The normalized spacial score (nSPS) is 13.8. The molecule has 0 aliphatic heterocycles. The Kier molecular flexibility index (Phi) is 16.1. The van der Waals surface area contributed by atoms with Crippen LogP contribution in [0.3, 0.4) is 0 Å². The van der Waals surface area contributed by atoms with Gasteiger partial charge in [0.05, 0.1) is 0 Å². The number of benzene rings is 1. The van der Waals surface area contributed by atoms with Gasteiger partial charge in [0.25, 0.3) is 0 Å². The number of rotatable bonds is 21. The molecule has 0 saturated carbocycles. The second kappa shape index (κ2) is 17.5. The van der Waals surface area contributed by atoms with E-state index in [2.05, 4.69) is 41.5 Å². The molecule has 1 unspecified atom stereocenters. The van der Waals surface area contributed by atoms with Gasteiger partial charge in [0, 0.05) is 5.56 Å². The Morgan fingerprint density at radius 3 is 1.40 bits per heavy atom. The average Bonchev–Trinajstić information content (AvgIpc) is 2.83. The first-order valence-electron chi connectivity index (χ1n) is 15.3. The Balaban J connectivity index is 3.31. The van der Waals surface area contributed by atoms with E-state index >= 15 is 8.78 Å². The zero-order chi connectivity index (χ0) is 26.2. The van der Waals surface area contributed by atoms with Crippen LogP contribution in [0.2, 0.25) is 0 Å². The Labute approximate surface area is 218 Å². The molecule has 0 fully saturated rings. The molecule has 0 heterocycles. The van der Waals surface area contributed by atoms with Crippen LogP contribution >= 0.6 is 0 Å². The first-order chi connectivity index (χ1) is 16.8. The van der Waals surface area contributed by atoms with E-state index in [1.807, 2.05) is 0 Å². The molecule has 0 N–H and O–H groups in total. The van der Waals surface area contributed by atoms with Gasteiger partial charge < -0.3 is 0 Å². The van der Waals surface area contributed by atoms with Crippen LogP contribution < -0.4 is 0 Å². The van der Waals surface area contributed by atoms with Crippen molar-refractivity contribution < 1.29 is 8.78 Å². The summed E-state index contributed by atoms with van der Waals surface area (Å²) in [6, 6.07) is 3.37. The van der Waals surface area contributed by atoms with Crippen LogP contribution in [0.4, 0.5) is 8.78 Å². The smallest absolute Gasteiger partial charge is 0.133 e. The van der Waals surface area contributed by atoms with Crippen LogP contribution in [0.25, 0.3) is 0 Å². The molecule has 35 heavy (non-hydrogen) atoms. The fourth-order valence-electron chi connectivity index (χ4n) is 5.91. The van der Waals surface area contributed by atoms with E-state index in [0.29, 0.717) is 5.56 Å². The Bertz CT molecular complexity index is 668. The fourth-order valence-corrected chi connectivity index (χ4v) is 5.91. The van der Waals surface area contributed by atoms with Gasteiger partial charge in [-0.15, -0.1) is 0 Å². The molecule has 1 aromatic rings. The third-order valence-corrected chi connectivity index (χ3v) is 8.42. The van der Waals surface area contributed by atoms with Gasteiger partial charge in [-0.1, -0.05) is 144 Å². The Morgan fingerprint density at radius 2 is 0.914 bits per heavy atom. The molecular formula is C33H58F2. The molecule has 0 aliphatic rings. The first-order valence-corrected chi connectivity index (χ1v) is 15.3. The van der Waals surface area contributed by atoms with E-state index in [-0.39, 0.29) is 17.0 Å². The molecule has 0 spiro atoms. The van der Waals surface area contributed by atoms with Gasteiger partial charge in [0.15, 0.2) is 0 Å². The van der Waals surface area contributed by atoms with Crippen LogP contribution in [0.15, 0.2) is 12.1 Å². The summed E-state index contributed by atoms with van der Waals surface area (Å²) in [4.78, 5) is 0. The summed E-state index contributed by atoms with van der Waals surface area (Å²) < 4.78 is 32.0. The van der Waals surface area contributed by atoms with Crippen LogP contribution in [-0.4, -0.2) is 0 Å². The summed E-state index contributed by atoms with van der Waals surface area (Å²) in [7, 11) is 0. The summed E-state index contributed by atoms with van der Waals surface area (Å²) in [5.74, 6) is -0.564. The van der Waals surface area contributed by atoms with Crippen molar-refractivity contribution in [2.75, 3.05) is 0 Å². The van der Waals surface area contributed by atoms with Gasteiger partial charge in [-0.05, 0) is 48.1 Å². The van der Waals surface area contributed by atoms with E-state index in [9.17, 15) is 0 Å². The molecule has 2 heteroatoms. The number of halogens is 2. The van der Waals surface area contributed by atoms with Gasteiger partial charge in [0.1, 0.15) is 11.6 Å². The quantitative estimate of drug-likeness (QED) is 0.150. The fraction of sp³-hybridized carbons (Fsp3) is 0.818. The largest absolute Gasteiger partial charge is 0.207 e. The Morgan fingerprint density at radius 1 is 0.514 bits per heavy atom. The lowest BCUT2D eigenvalue weighted by Gasteiger charge is -2.36. The summed E-state index contributed by atoms with van der Waals surface area (Å²) in [5, 5.41) is 0. The van der Waals surface area contributed by atoms with Crippen LogP contribution in [0.1, 0.15) is 175 Å². The summed E-state index contributed by atoms with van der Waals surface area (Å²) >= 11 is 0. The summed E-state index contributed by atoms with van der Waals surface area (Å²) in [5.41, 5.74) is 0.501. The number of hydrogen-bond donors (Lipinski definition) is 0. The van der Waals surface area contributed by atoms with E-state index < -0.39 is 5.41 Å². The lowest BCUT2D eigenvalue weighted by molar-refractivity contribution is 0.320. The van der Waals surface area contributed by atoms with Crippen molar-refractivity contribution in [3.05, 3.63) is 34.9 Å². The Hall–Kier alpha value is -0.920. The second-order valence-electron chi connectivity index (χ2n) is 11.8. The molecule has 0 aliphatic carbocycles. The van der Waals surface area contributed by atoms with Crippen molar-refractivity contribution in [1.82, 2.24) is 0 Å². The summed E-state index contributed by atoms with van der Waals surface area (Å²) in [6.07, 6.45) is 21.1. The first kappa shape index (κ1) is 32.1. The maximum Gasteiger partial charge on any atom is 0.133 e. The predicted molar refractivity (Wildman–Crippen MR) is 151 cm³/mol. The molecule has 1 atom stereocenters. The predicted octanol–water partition coefficient (Wildman–Crippen LogP) is 12.0. The van der Waals surface area contributed by atoms with Crippen LogP contribution in [0.5, 0.6) is 0 Å². The molecule has 0 radical (unpaired) electrons. The zero-order valence-electron chi connectivity index (χ0n) is 24.3. The van der Waals surface area contributed by atoms with Gasteiger partial charge in [0.2, 0.25) is 0 Å². The maximum atomic E-state index is 16.5. The van der Waals surface area contributed by atoms with Gasteiger partial charge >= 0.3 is 0 Å². The molecule has 204 valence electrons. The third-order valence-electron chi connectivity index (χ3n) is 8.42. The molecule has 0 nitrogen and oxygen atoms in total. The third kappa shape index (κ3) is 10.5. The van der Waals surface area contributed by atoms with E-state index in [1.165, 1.54) is 51.4 Å². The highest BCUT2D eigenvalue weighted by atomic mass is 19.1. The van der Waals surface area contributed by atoms with Crippen molar-refractivity contribution in [3.63, 3.8) is 0 Å². The summed E-state index contributed by atoms with van der Waals surface area (Å²) in [6.45, 7) is 13.3. The van der Waals surface area contributed by atoms with Gasteiger partial charge in [-0.25, -0.2) is 8.78 Å². The average molecular weight is 493 g/mol. The lowest BCUT2D eigenvalue weighted by Crippen LogP contribution is -2.30. The van der Waals surface area contributed by atoms with Crippen molar-refractivity contribution in [2.24, 2.45) is 0 Å². The van der Waals surface area contributed by atoms with E-state index in [1.54, 1.807) is 12.1 Å². The minimum atomic E-state index is -0.432. The van der Waals surface area contributed by atoms with E-state index in [4.69, 9.17) is 0 Å². The second-order valence-corrected chi connectivity index (χ2v) is 11.8. The SMILES string of the molecule is CCCCCCCC(C)(CCCC)c1ccc(F)c(C(C)(CCCCCC)CCCCCC)c1F. The monoisotopic (exact) mass is 492 g/mol. The minimum absolute atomic E-state index is 0.222. The molecule has 1 rings (SSSR count). The molecule has 0 aromatic heterocycles. The van der Waals surface area contributed by atoms with Crippen LogP contribution in [-0.2, 0) is 10.8 Å². The van der Waals surface area contributed by atoms with Crippen molar-refractivity contribution in [2.45, 2.75) is 174 Å². The molecule has 0 bridgehead atoms. The highest BCUT2D eigenvalue weighted by Crippen LogP contribution is 2.43. The molecule has 0 saturated heterocycles. The standard InChI is InChI=1S/C33H58F2/c1-7-11-15-18-21-25-32(5,24-14-10-4)28-22-23-29(34)30(31(28)35)33(6,26-19-16-12-8-2)27-20-17-13-9-3/h22-23H,7-21,24-27H2,1-6H3.